The fourth-order valence-corrected chi connectivity index (χ4v) is 5.06. The molecule has 5 atom stereocenters. The summed E-state index contributed by atoms with van der Waals surface area (Å²) in [4.78, 5) is 11.6. The third-order valence-corrected chi connectivity index (χ3v) is 6.87. The van der Waals surface area contributed by atoms with Crippen molar-refractivity contribution in [1.29, 1.82) is 0 Å². The molecule has 2 radical (unpaired) electrons. The second kappa shape index (κ2) is 10.1. The lowest BCUT2D eigenvalue weighted by molar-refractivity contribution is -0.156. The molecule has 1 aromatic rings. The van der Waals surface area contributed by atoms with Gasteiger partial charge in [0, 0.05) is 19.8 Å². The fraction of sp³-hybridized carbons (Fsp3) is 0.650. The predicted molar refractivity (Wildman–Crippen MR) is 109 cm³/mol. The smallest absolute Gasteiger partial charge is 0.303 e. The third-order valence-electron chi connectivity index (χ3n) is 5.03. The summed E-state index contributed by atoms with van der Waals surface area (Å²) in [6.45, 7) is 7.45. The van der Waals surface area contributed by atoms with Crippen LogP contribution in [-0.2, 0) is 34.7 Å². The van der Waals surface area contributed by atoms with Gasteiger partial charge in [-0.25, -0.2) is 0 Å². The van der Waals surface area contributed by atoms with Crippen molar-refractivity contribution in [2.24, 2.45) is 0 Å². The first-order valence-electron chi connectivity index (χ1n) is 9.70. The largest absolute Gasteiger partial charge is 0.458 e. The van der Waals surface area contributed by atoms with Gasteiger partial charge in [0.2, 0.25) is 0 Å². The van der Waals surface area contributed by atoms with Crippen LogP contribution in [0.1, 0.15) is 39.2 Å². The molecule has 1 fully saturated rings. The normalized spacial score (nSPS) is 29.4. The molecule has 6 nitrogen and oxygen atoms in total. The van der Waals surface area contributed by atoms with E-state index in [0.717, 1.165) is 5.56 Å². The molecule has 1 heterocycles. The Kier molecular flexibility index (Phi) is 8.32. The molecule has 0 N–H and O–H groups in total. The van der Waals surface area contributed by atoms with Gasteiger partial charge < -0.3 is 18.7 Å². The van der Waals surface area contributed by atoms with Gasteiger partial charge in [0.15, 0.2) is 7.37 Å². The highest BCUT2D eigenvalue weighted by molar-refractivity contribution is 7.58. The first kappa shape index (κ1) is 23.1. The molecule has 2 rings (SSSR count). The summed E-state index contributed by atoms with van der Waals surface area (Å²) in [5, 5.41) is 0. The number of ether oxygens (including phenoxy) is 3. The van der Waals surface area contributed by atoms with E-state index in [2.05, 4.69) is 0 Å². The van der Waals surface area contributed by atoms with Crippen LogP contribution >= 0.6 is 7.37 Å². The van der Waals surface area contributed by atoms with Gasteiger partial charge in [-0.05, 0) is 25.3 Å². The van der Waals surface area contributed by atoms with Crippen LogP contribution in [0.15, 0.2) is 30.3 Å². The van der Waals surface area contributed by atoms with Crippen molar-refractivity contribution in [3.8, 4) is 0 Å². The zero-order valence-electron chi connectivity index (χ0n) is 17.1. The summed E-state index contributed by atoms with van der Waals surface area (Å²) in [6, 6.07) is 8.90. The molecular weight excluding hydrogens is 378 g/mol. The van der Waals surface area contributed by atoms with Crippen molar-refractivity contribution in [2.45, 2.75) is 64.0 Å². The van der Waals surface area contributed by atoms with E-state index in [1.807, 2.05) is 44.2 Å². The topological polar surface area (TPSA) is 71.1 Å². The van der Waals surface area contributed by atoms with Crippen LogP contribution in [-0.4, -0.2) is 57.1 Å². The Morgan fingerprint density at radius 1 is 1.29 bits per heavy atom. The van der Waals surface area contributed by atoms with Crippen molar-refractivity contribution < 1.29 is 28.1 Å². The van der Waals surface area contributed by atoms with Gasteiger partial charge in [-0.15, -0.1) is 0 Å². The second-order valence-electron chi connectivity index (χ2n) is 7.20. The maximum Gasteiger partial charge on any atom is 0.303 e. The SMILES string of the molecule is [B][C@@H]1O[C@](CC)(CCP(C)(=O)OCC)[C@H](OCc2ccccc2)C1OC(C)=O. The fourth-order valence-electron chi connectivity index (χ4n) is 3.60. The molecule has 154 valence electrons. The quantitative estimate of drug-likeness (QED) is 0.335. The van der Waals surface area contributed by atoms with Gasteiger partial charge >= 0.3 is 5.97 Å². The van der Waals surface area contributed by atoms with E-state index in [9.17, 15) is 9.36 Å². The summed E-state index contributed by atoms with van der Waals surface area (Å²) in [7, 11) is 3.40. The third kappa shape index (κ3) is 5.93. The van der Waals surface area contributed by atoms with Crippen LogP contribution < -0.4 is 0 Å². The molecular formula is C20H30BO6P. The Hall–Kier alpha value is -1.14. The van der Waals surface area contributed by atoms with E-state index in [0.29, 0.717) is 32.2 Å². The molecule has 1 aliphatic heterocycles. The molecule has 0 bridgehead atoms. The number of rotatable bonds is 10. The van der Waals surface area contributed by atoms with Crippen molar-refractivity contribution in [3.63, 3.8) is 0 Å². The van der Waals surface area contributed by atoms with Crippen LogP contribution in [0.2, 0.25) is 0 Å². The monoisotopic (exact) mass is 408 g/mol. The maximum absolute atomic E-state index is 12.6. The van der Waals surface area contributed by atoms with E-state index >= 15 is 0 Å². The minimum Gasteiger partial charge on any atom is -0.458 e. The lowest BCUT2D eigenvalue weighted by Crippen LogP contribution is -2.46. The average molecular weight is 408 g/mol. The summed E-state index contributed by atoms with van der Waals surface area (Å²) in [6.07, 6.45) is 0.0359. The molecule has 2 unspecified atom stereocenters. The van der Waals surface area contributed by atoms with Gasteiger partial charge in [0.25, 0.3) is 0 Å². The highest BCUT2D eigenvalue weighted by Gasteiger charge is 2.54. The molecule has 1 aliphatic rings. The number of hydrogen-bond donors (Lipinski definition) is 0. The van der Waals surface area contributed by atoms with Crippen molar-refractivity contribution in [2.75, 3.05) is 19.4 Å². The lowest BCUT2D eigenvalue weighted by atomic mass is 9.86. The Bertz CT molecular complexity index is 685. The van der Waals surface area contributed by atoms with Crippen LogP contribution in [0.3, 0.4) is 0 Å². The van der Waals surface area contributed by atoms with Crippen LogP contribution in [0.25, 0.3) is 0 Å². The number of esters is 1. The summed E-state index contributed by atoms with van der Waals surface area (Å²) in [5.41, 5.74) is 0.182. The van der Waals surface area contributed by atoms with Crippen molar-refractivity contribution in [3.05, 3.63) is 35.9 Å². The molecule has 0 spiro atoms. The zero-order chi connectivity index (χ0) is 20.8. The maximum atomic E-state index is 12.6. The summed E-state index contributed by atoms with van der Waals surface area (Å²) < 4.78 is 35.7. The molecule has 0 amide bonds. The predicted octanol–water partition coefficient (Wildman–Crippen LogP) is 3.51. The van der Waals surface area contributed by atoms with Gasteiger partial charge in [0.05, 0.1) is 24.8 Å². The Morgan fingerprint density at radius 3 is 2.54 bits per heavy atom. The Morgan fingerprint density at radius 2 is 1.96 bits per heavy atom. The Balaban J connectivity index is 2.23. The van der Waals surface area contributed by atoms with E-state index in [1.54, 1.807) is 6.66 Å². The molecule has 8 heteroatoms. The number of carbonyl (C=O) groups excluding carboxylic acids is 1. The summed E-state index contributed by atoms with van der Waals surface area (Å²) >= 11 is 0. The van der Waals surface area contributed by atoms with E-state index in [4.69, 9.17) is 26.6 Å². The first-order chi connectivity index (χ1) is 13.2. The number of hydrogen-bond acceptors (Lipinski definition) is 6. The van der Waals surface area contributed by atoms with E-state index in [1.165, 1.54) is 6.92 Å². The minimum atomic E-state index is -2.76. The van der Waals surface area contributed by atoms with E-state index in [-0.39, 0.29) is 0 Å². The molecule has 1 saturated heterocycles. The van der Waals surface area contributed by atoms with Crippen LogP contribution in [0.4, 0.5) is 0 Å². The van der Waals surface area contributed by atoms with Gasteiger partial charge in [0.1, 0.15) is 20.1 Å². The highest BCUT2D eigenvalue weighted by Crippen LogP contribution is 2.48. The van der Waals surface area contributed by atoms with Gasteiger partial charge in [-0.3, -0.25) is 9.36 Å². The minimum absolute atomic E-state index is 0.330. The van der Waals surface area contributed by atoms with E-state index < -0.39 is 37.2 Å². The molecule has 0 aliphatic carbocycles. The van der Waals surface area contributed by atoms with Crippen molar-refractivity contribution in [1.82, 2.24) is 0 Å². The first-order valence-corrected chi connectivity index (χ1v) is 12.0. The van der Waals surface area contributed by atoms with Crippen LogP contribution in [0, 0.1) is 0 Å². The molecule has 0 aromatic heterocycles. The molecule has 28 heavy (non-hydrogen) atoms. The molecule has 1 aromatic carbocycles. The summed E-state index contributed by atoms with van der Waals surface area (Å²) in [5.74, 6) is -0.445. The zero-order valence-corrected chi connectivity index (χ0v) is 18.0. The molecule has 0 saturated carbocycles. The average Bonchev–Trinajstić information content (AvgIpc) is 2.90. The van der Waals surface area contributed by atoms with Crippen molar-refractivity contribution >= 4 is 21.2 Å². The van der Waals surface area contributed by atoms with Gasteiger partial charge in [-0.2, -0.15) is 0 Å². The number of benzene rings is 1. The number of carbonyl (C=O) groups is 1. The second-order valence-corrected chi connectivity index (χ2v) is 9.93. The van der Waals surface area contributed by atoms with Gasteiger partial charge in [-0.1, -0.05) is 37.3 Å². The lowest BCUT2D eigenvalue weighted by Gasteiger charge is -2.35. The van der Waals surface area contributed by atoms with Crippen LogP contribution in [0.5, 0.6) is 0 Å². The Labute approximate surface area is 169 Å². The standard InChI is InChI=1S/C20H30BO6P/c1-5-20(12-13-28(4,23)25-6-2)18(17(19(21)27-20)26-15(3)22)24-14-16-10-8-7-9-11-16/h7-11,17-19H,5-6,12-14H2,1-4H3/t17?,18-,19-,20-,28?/m1/s1. The highest BCUT2D eigenvalue weighted by atomic mass is 31.2.